The molecule has 0 aromatic carbocycles. The van der Waals surface area contributed by atoms with Crippen molar-refractivity contribution in [3.05, 3.63) is 0 Å². The highest BCUT2D eigenvalue weighted by Gasteiger charge is 2.22. The number of rotatable bonds is 8. The van der Waals surface area contributed by atoms with Crippen LogP contribution in [0.3, 0.4) is 0 Å². The molecule has 1 atom stereocenters. The molecule has 0 radical (unpaired) electrons. The summed E-state index contributed by atoms with van der Waals surface area (Å²) in [6.07, 6.45) is 6.23. The Labute approximate surface area is 126 Å². The van der Waals surface area contributed by atoms with Gasteiger partial charge in [-0.1, -0.05) is 45.4 Å². The largest absolute Gasteiger partial charge is 0.313 e. The lowest BCUT2D eigenvalue weighted by molar-refractivity contribution is 0.419. The van der Waals surface area contributed by atoms with Gasteiger partial charge in [0.2, 0.25) is 5.16 Å². The fourth-order valence-electron chi connectivity index (χ4n) is 2.64. The van der Waals surface area contributed by atoms with Gasteiger partial charge in [-0.25, -0.2) is 4.68 Å². The molecule has 20 heavy (non-hydrogen) atoms. The number of aromatic nitrogens is 4. The summed E-state index contributed by atoms with van der Waals surface area (Å²) in [5, 5.41) is 16.9. The number of nitrogens with zero attached hydrogens (tertiary/aromatic N) is 4. The van der Waals surface area contributed by atoms with E-state index in [2.05, 4.69) is 46.3 Å². The van der Waals surface area contributed by atoms with E-state index in [9.17, 15) is 0 Å². The minimum Gasteiger partial charge on any atom is -0.313 e. The number of hydrogen-bond acceptors (Lipinski definition) is 5. The Morgan fingerprint density at radius 3 is 2.75 bits per heavy atom. The van der Waals surface area contributed by atoms with Gasteiger partial charge >= 0.3 is 0 Å². The second kappa shape index (κ2) is 7.98. The number of nitrogens with one attached hydrogen (secondary N) is 1. The molecule has 1 aliphatic carbocycles. The van der Waals surface area contributed by atoms with Crippen LogP contribution in [-0.4, -0.2) is 38.5 Å². The van der Waals surface area contributed by atoms with Crippen LogP contribution in [0.15, 0.2) is 5.16 Å². The topological polar surface area (TPSA) is 55.6 Å². The molecule has 1 fully saturated rings. The first-order chi connectivity index (χ1) is 9.72. The number of tetrazole rings is 1. The van der Waals surface area contributed by atoms with Crippen molar-refractivity contribution in [2.24, 2.45) is 5.92 Å². The van der Waals surface area contributed by atoms with Crippen molar-refractivity contribution in [2.45, 2.75) is 70.1 Å². The molecule has 1 saturated carbocycles. The Kier molecular flexibility index (Phi) is 6.29. The Morgan fingerprint density at radius 2 is 2.10 bits per heavy atom. The molecule has 2 rings (SSSR count). The normalized spacial score (nSPS) is 18.0. The molecule has 0 spiro atoms. The average molecular weight is 297 g/mol. The lowest BCUT2D eigenvalue weighted by atomic mass is 10.1. The molecule has 5 nitrogen and oxygen atoms in total. The molecule has 1 N–H and O–H groups in total. The van der Waals surface area contributed by atoms with Gasteiger partial charge in [0.1, 0.15) is 0 Å². The van der Waals surface area contributed by atoms with E-state index in [1.54, 1.807) is 11.8 Å². The van der Waals surface area contributed by atoms with E-state index in [1.165, 1.54) is 32.1 Å². The third-order valence-corrected chi connectivity index (χ3v) is 5.04. The van der Waals surface area contributed by atoms with E-state index < -0.39 is 0 Å². The molecule has 1 aromatic rings. The molecule has 0 saturated heterocycles. The lowest BCUT2D eigenvalue weighted by Gasteiger charge is -2.21. The van der Waals surface area contributed by atoms with Crippen molar-refractivity contribution in [3.63, 3.8) is 0 Å². The number of hydrogen-bond donors (Lipinski definition) is 1. The van der Waals surface area contributed by atoms with Gasteiger partial charge in [0, 0.05) is 11.8 Å². The van der Waals surface area contributed by atoms with E-state index in [0.29, 0.717) is 18.0 Å². The Balaban J connectivity index is 1.90. The van der Waals surface area contributed by atoms with Gasteiger partial charge in [0.25, 0.3) is 0 Å². The van der Waals surface area contributed by atoms with Crippen molar-refractivity contribution in [1.82, 2.24) is 25.5 Å². The second-order valence-electron chi connectivity index (χ2n) is 5.96. The van der Waals surface area contributed by atoms with Crippen LogP contribution >= 0.6 is 11.8 Å². The molecule has 1 heterocycles. The third-order valence-electron chi connectivity index (χ3n) is 3.99. The first-order valence-electron chi connectivity index (χ1n) is 7.86. The minimum atomic E-state index is 0.522. The SMILES string of the molecule is CCCNC(CSc1nnnn1C1CCCC1)C(C)C. The maximum Gasteiger partial charge on any atom is 0.209 e. The van der Waals surface area contributed by atoms with Crippen LogP contribution in [0.5, 0.6) is 0 Å². The molecular formula is C14H27N5S. The van der Waals surface area contributed by atoms with Gasteiger partial charge < -0.3 is 5.32 Å². The smallest absolute Gasteiger partial charge is 0.209 e. The molecule has 0 bridgehead atoms. The molecular weight excluding hydrogens is 270 g/mol. The maximum atomic E-state index is 4.21. The molecule has 114 valence electrons. The average Bonchev–Trinajstić information content (AvgIpc) is 3.08. The zero-order chi connectivity index (χ0) is 14.4. The highest BCUT2D eigenvalue weighted by atomic mass is 32.2. The van der Waals surface area contributed by atoms with Crippen LogP contribution in [0.1, 0.15) is 58.9 Å². The summed E-state index contributed by atoms with van der Waals surface area (Å²) in [5.41, 5.74) is 0. The van der Waals surface area contributed by atoms with Crippen molar-refractivity contribution < 1.29 is 0 Å². The van der Waals surface area contributed by atoms with Crippen molar-refractivity contribution in [2.75, 3.05) is 12.3 Å². The summed E-state index contributed by atoms with van der Waals surface area (Å²) in [4.78, 5) is 0. The van der Waals surface area contributed by atoms with E-state index in [-0.39, 0.29) is 0 Å². The van der Waals surface area contributed by atoms with Gasteiger partial charge in [0.05, 0.1) is 6.04 Å². The zero-order valence-electron chi connectivity index (χ0n) is 12.9. The molecule has 0 aliphatic heterocycles. The van der Waals surface area contributed by atoms with Gasteiger partial charge in [-0.15, -0.1) is 5.10 Å². The quantitative estimate of drug-likeness (QED) is 0.748. The summed E-state index contributed by atoms with van der Waals surface area (Å²) >= 11 is 1.79. The summed E-state index contributed by atoms with van der Waals surface area (Å²) in [6, 6.07) is 1.04. The summed E-state index contributed by atoms with van der Waals surface area (Å²) in [7, 11) is 0. The van der Waals surface area contributed by atoms with Gasteiger partial charge in [-0.3, -0.25) is 0 Å². The monoisotopic (exact) mass is 297 g/mol. The summed E-state index contributed by atoms with van der Waals surface area (Å²) < 4.78 is 2.05. The molecule has 6 heteroatoms. The summed E-state index contributed by atoms with van der Waals surface area (Å²) in [6.45, 7) is 7.83. The molecule has 1 aliphatic rings. The van der Waals surface area contributed by atoms with Crippen LogP contribution < -0.4 is 5.32 Å². The molecule has 1 aromatic heterocycles. The van der Waals surface area contributed by atoms with Crippen LogP contribution in [0, 0.1) is 5.92 Å². The molecule has 0 amide bonds. The first-order valence-corrected chi connectivity index (χ1v) is 8.85. The van der Waals surface area contributed by atoms with E-state index >= 15 is 0 Å². The van der Waals surface area contributed by atoms with Crippen molar-refractivity contribution >= 4 is 11.8 Å². The van der Waals surface area contributed by atoms with Gasteiger partial charge in [-0.05, 0) is 42.2 Å². The fourth-order valence-corrected chi connectivity index (χ4v) is 3.88. The fraction of sp³-hybridized carbons (Fsp3) is 0.929. The van der Waals surface area contributed by atoms with E-state index in [1.807, 2.05) is 0 Å². The highest BCUT2D eigenvalue weighted by molar-refractivity contribution is 7.99. The van der Waals surface area contributed by atoms with Gasteiger partial charge in [0.15, 0.2) is 0 Å². The van der Waals surface area contributed by atoms with Crippen LogP contribution in [-0.2, 0) is 0 Å². The maximum absolute atomic E-state index is 4.21. The lowest BCUT2D eigenvalue weighted by Crippen LogP contribution is -2.36. The predicted molar refractivity (Wildman–Crippen MR) is 83.0 cm³/mol. The van der Waals surface area contributed by atoms with Crippen LogP contribution in [0.25, 0.3) is 0 Å². The Bertz CT molecular complexity index is 387. The van der Waals surface area contributed by atoms with Crippen LogP contribution in [0.2, 0.25) is 0 Å². The van der Waals surface area contributed by atoms with Crippen molar-refractivity contribution in [3.8, 4) is 0 Å². The van der Waals surface area contributed by atoms with Crippen LogP contribution in [0.4, 0.5) is 0 Å². The zero-order valence-corrected chi connectivity index (χ0v) is 13.7. The highest BCUT2D eigenvalue weighted by Crippen LogP contribution is 2.31. The third kappa shape index (κ3) is 4.19. The standard InChI is InChI=1S/C14H27N5S/c1-4-9-15-13(11(2)3)10-20-14-16-17-18-19(14)12-7-5-6-8-12/h11-13,15H,4-10H2,1-3H3. The van der Waals surface area contributed by atoms with E-state index in [4.69, 9.17) is 0 Å². The second-order valence-corrected chi connectivity index (χ2v) is 6.95. The summed E-state index contributed by atoms with van der Waals surface area (Å²) in [5.74, 6) is 1.66. The predicted octanol–water partition coefficient (Wildman–Crippen LogP) is 2.90. The minimum absolute atomic E-state index is 0.522. The van der Waals surface area contributed by atoms with Gasteiger partial charge in [-0.2, -0.15) is 0 Å². The van der Waals surface area contributed by atoms with E-state index in [0.717, 1.165) is 17.5 Å². The van der Waals surface area contributed by atoms with Crippen molar-refractivity contribution in [1.29, 1.82) is 0 Å². The number of thioether (sulfide) groups is 1. The Hall–Kier alpha value is -0.620. The Morgan fingerprint density at radius 1 is 1.35 bits per heavy atom. The molecule has 1 unspecified atom stereocenters. The first kappa shape index (κ1) is 15.8.